The SMILES string of the molecule is CN1CCN(S(=O)(=O)c2cc(-c3cnc(N)c(C(=O)c4cccnc4)n3)cc(C(F)(F)F)c2)CC1. The summed E-state index contributed by atoms with van der Waals surface area (Å²) in [5.74, 6) is -0.845. The van der Waals surface area contributed by atoms with E-state index in [1.165, 1.54) is 24.5 Å². The van der Waals surface area contributed by atoms with Crippen LogP contribution in [0.4, 0.5) is 19.0 Å². The van der Waals surface area contributed by atoms with Gasteiger partial charge >= 0.3 is 6.18 Å². The molecule has 4 rings (SSSR count). The van der Waals surface area contributed by atoms with Gasteiger partial charge in [-0.15, -0.1) is 0 Å². The van der Waals surface area contributed by atoms with Crippen molar-refractivity contribution in [3.8, 4) is 11.3 Å². The molecule has 13 heteroatoms. The molecule has 1 saturated heterocycles. The van der Waals surface area contributed by atoms with Gasteiger partial charge in [-0.05, 0) is 37.4 Å². The van der Waals surface area contributed by atoms with Crippen molar-refractivity contribution in [2.75, 3.05) is 39.0 Å². The summed E-state index contributed by atoms with van der Waals surface area (Å²) in [5.41, 5.74) is 4.23. The summed E-state index contributed by atoms with van der Waals surface area (Å²) in [6.45, 7) is 1.20. The van der Waals surface area contributed by atoms with E-state index in [0.29, 0.717) is 19.2 Å². The number of piperazine rings is 1. The lowest BCUT2D eigenvalue weighted by molar-refractivity contribution is -0.137. The normalized spacial score (nSPS) is 15.8. The zero-order chi connectivity index (χ0) is 25.4. The molecular weight excluding hydrogens is 485 g/mol. The van der Waals surface area contributed by atoms with E-state index in [1.807, 2.05) is 11.9 Å². The summed E-state index contributed by atoms with van der Waals surface area (Å²) < 4.78 is 68.7. The van der Waals surface area contributed by atoms with E-state index in [-0.39, 0.29) is 41.4 Å². The van der Waals surface area contributed by atoms with Gasteiger partial charge < -0.3 is 10.6 Å². The number of carbonyl (C=O) groups is 1. The Morgan fingerprint density at radius 2 is 1.80 bits per heavy atom. The molecular formula is C22H21F3N6O3S. The van der Waals surface area contributed by atoms with Crippen molar-refractivity contribution in [2.45, 2.75) is 11.1 Å². The van der Waals surface area contributed by atoms with Crippen LogP contribution >= 0.6 is 0 Å². The highest BCUT2D eigenvalue weighted by atomic mass is 32.2. The van der Waals surface area contributed by atoms with E-state index >= 15 is 0 Å². The topological polar surface area (TPSA) is 122 Å². The first kappa shape index (κ1) is 24.7. The number of carbonyl (C=O) groups excluding carboxylic acids is 1. The first-order valence-electron chi connectivity index (χ1n) is 10.5. The lowest BCUT2D eigenvalue weighted by atomic mass is 10.1. The molecule has 0 bridgehead atoms. The lowest BCUT2D eigenvalue weighted by Crippen LogP contribution is -2.47. The third-order valence-electron chi connectivity index (χ3n) is 5.57. The maximum absolute atomic E-state index is 13.7. The van der Waals surface area contributed by atoms with Crippen LogP contribution in [-0.4, -0.2) is 71.6 Å². The van der Waals surface area contributed by atoms with Crippen LogP contribution in [0.2, 0.25) is 0 Å². The van der Waals surface area contributed by atoms with Gasteiger partial charge in [0.1, 0.15) is 0 Å². The number of nitrogens with two attached hydrogens (primary N) is 1. The molecule has 1 aromatic carbocycles. The molecule has 0 unspecified atom stereocenters. The van der Waals surface area contributed by atoms with Gasteiger partial charge in [-0.25, -0.2) is 18.4 Å². The predicted octanol–water partition coefficient (Wildman–Crippen LogP) is 2.31. The first-order chi connectivity index (χ1) is 16.5. The number of hydrogen-bond acceptors (Lipinski definition) is 8. The zero-order valence-corrected chi connectivity index (χ0v) is 19.3. The number of sulfonamides is 1. The molecule has 0 aliphatic carbocycles. The largest absolute Gasteiger partial charge is 0.416 e. The molecule has 0 spiro atoms. The minimum atomic E-state index is -4.82. The summed E-state index contributed by atoms with van der Waals surface area (Å²) in [5, 5.41) is 0. The third kappa shape index (κ3) is 5.16. The maximum atomic E-state index is 13.7. The number of likely N-dealkylation sites (N-methyl/N-ethyl adjacent to an activating group) is 1. The Labute approximate surface area is 199 Å². The molecule has 0 amide bonds. The van der Waals surface area contributed by atoms with Gasteiger partial charge in [0.2, 0.25) is 15.8 Å². The fourth-order valence-corrected chi connectivity index (χ4v) is 5.07. The fraction of sp³-hybridized carbons (Fsp3) is 0.273. The number of nitrogens with zero attached hydrogens (tertiary/aromatic N) is 5. The van der Waals surface area contributed by atoms with Crippen LogP contribution < -0.4 is 5.73 Å². The van der Waals surface area contributed by atoms with E-state index in [0.717, 1.165) is 22.6 Å². The molecule has 9 nitrogen and oxygen atoms in total. The lowest BCUT2D eigenvalue weighted by Gasteiger charge is -2.31. The maximum Gasteiger partial charge on any atom is 0.416 e. The molecule has 1 aliphatic heterocycles. The molecule has 1 fully saturated rings. The van der Waals surface area contributed by atoms with Crippen molar-refractivity contribution in [2.24, 2.45) is 0 Å². The molecule has 2 aromatic heterocycles. The van der Waals surface area contributed by atoms with E-state index in [2.05, 4.69) is 15.0 Å². The molecule has 0 atom stereocenters. The van der Waals surface area contributed by atoms with Crippen LogP contribution in [0.25, 0.3) is 11.3 Å². The number of anilines is 1. The minimum absolute atomic E-state index is 0.132. The highest BCUT2D eigenvalue weighted by molar-refractivity contribution is 7.89. The predicted molar refractivity (Wildman–Crippen MR) is 121 cm³/mol. The Morgan fingerprint density at radius 1 is 1.09 bits per heavy atom. The van der Waals surface area contributed by atoms with Crippen LogP contribution in [0, 0.1) is 0 Å². The summed E-state index contributed by atoms with van der Waals surface area (Å²) in [7, 11) is -2.39. The second-order valence-corrected chi connectivity index (χ2v) is 9.95. The second kappa shape index (κ2) is 9.32. The third-order valence-corrected chi connectivity index (χ3v) is 7.45. The van der Waals surface area contributed by atoms with Crippen molar-refractivity contribution < 1.29 is 26.4 Å². The van der Waals surface area contributed by atoms with Crippen molar-refractivity contribution >= 4 is 21.6 Å². The van der Waals surface area contributed by atoms with Crippen LogP contribution in [0.1, 0.15) is 21.6 Å². The molecule has 3 heterocycles. The van der Waals surface area contributed by atoms with Crippen LogP contribution in [0.15, 0.2) is 53.8 Å². The second-order valence-electron chi connectivity index (χ2n) is 8.01. The minimum Gasteiger partial charge on any atom is -0.382 e. The summed E-state index contributed by atoms with van der Waals surface area (Å²) >= 11 is 0. The van der Waals surface area contributed by atoms with Crippen molar-refractivity contribution in [3.63, 3.8) is 0 Å². The van der Waals surface area contributed by atoms with E-state index < -0.39 is 32.4 Å². The molecule has 1 aliphatic rings. The number of halogens is 3. The van der Waals surface area contributed by atoms with Crippen LogP contribution in [0.5, 0.6) is 0 Å². The molecule has 2 N–H and O–H groups in total. The number of pyridine rings is 1. The van der Waals surface area contributed by atoms with Gasteiger partial charge in [-0.2, -0.15) is 17.5 Å². The Morgan fingerprint density at radius 3 is 2.43 bits per heavy atom. The number of nitrogen functional groups attached to an aromatic ring is 1. The first-order valence-corrected chi connectivity index (χ1v) is 11.9. The Hall–Kier alpha value is -3.42. The van der Waals surface area contributed by atoms with E-state index in [4.69, 9.17) is 5.73 Å². The van der Waals surface area contributed by atoms with Crippen molar-refractivity contribution in [3.05, 3.63) is 65.7 Å². The van der Waals surface area contributed by atoms with E-state index in [1.54, 1.807) is 0 Å². The number of aromatic nitrogens is 3. The van der Waals surface area contributed by atoms with Gasteiger partial charge in [-0.1, -0.05) is 0 Å². The summed E-state index contributed by atoms with van der Waals surface area (Å²) in [6.07, 6.45) is -0.969. The van der Waals surface area contributed by atoms with Crippen LogP contribution in [0.3, 0.4) is 0 Å². The van der Waals surface area contributed by atoms with Crippen molar-refractivity contribution in [1.82, 2.24) is 24.2 Å². The molecule has 35 heavy (non-hydrogen) atoms. The Bertz CT molecular complexity index is 1360. The molecule has 0 radical (unpaired) electrons. The average Bonchev–Trinajstić information content (AvgIpc) is 2.84. The monoisotopic (exact) mass is 506 g/mol. The highest BCUT2D eigenvalue weighted by Gasteiger charge is 2.35. The molecule has 0 saturated carbocycles. The number of ketones is 1. The fourth-order valence-electron chi connectivity index (χ4n) is 3.58. The summed E-state index contributed by atoms with van der Waals surface area (Å²) in [6, 6.07) is 5.48. The van der Waals surface area contributed by atoms with Gasteiger partial charge in [0.25, 0.3) is 0 Å². The number of rotatable bonds is 5. The molecule has 3 aromatic rings. The van der Waals surface area contributed by atoms with Gasteiger partial charge in [0.05, 0.1) is 22.3 Å². The smallest absolute Gasteiger partial charge is 0.382 e. The van der Waals surface area contributed by atoms with Crippen molar-refractivity contribution in [1.29, 1.82) is 0 Å². The molecule has 184 valence electrons. The summed E-state index contributed by atoms with van der Waals surface area (Å²) in [4.78, 5) is 26.1. The highest BCUT2D eigenvalue weighted by Crippen LogP contribution is 2.35. The van der Waals surface area contributed by atoms with Gasteiger partial charge in [0.15, 0.2) is 11.5 Å². The quantitative estimate of drug-likeness (QED) is 0.523. The Balaban J connectivity index is 1.81. The van der Waals surface area contributed by atoms with Gasteiger partial charge in [0, 0.05) is 49.7 Å². The number of benzene rings is 1. The van der Waals surface area contributed by atoms with E-state index in [9.17, 15) is 26.4 Å². The van der Waals surface area contributed by atoms with Crippen LogP contribution in [-0.2, 0) is 16.2 Å². The Kier molecular flexibility index (Phi) is 6.58. The zero-order valence-electron chi connectivity index (χ0n) is 18.5. The standard InChI is InChI=1S/C22H21F3N6O3S/c1-30-5-7-31(8-6-30)35(33,34)17-10-15(9-16(11-17)22(23,24)25)18-13-28-21(26)19(29-18)20(32)14-3-2-4-27-12-14/h2-4,9-13H,5-8H2,1H3,(H2,26,28). The van der Waals surface area contributed by atoms with Gasteiger partial charge in [-0.3, -0.25) is 9.78 Å². The number of alkyl halides is 3. The number of hydrogen-bond donors (Lipinski definition) is 1. The average molecular weight is 507 g/mol.